The molecular formula is C24H24FN5OS. The topological polar surface area (TPSA) is 63.4 Å². The van der Waals surface area contributed by atoms with Crippen LogP contribution in [0.25, 0.3) is 16.1 Å². The molecule has 4 aromatic rings. The number of aromatic nitrogens is 4. The van der Waals surface area contributed by atoms with E-state index in [4.69, 9.17) is 4.98 Å². The third-order valence-corrected chi connectivity index (χ3v) is 6.99. The van der Waals surface area contributed by atoms with Gasteiger partial charge in [0.25, 0.3) is 5.91 Å². The van der Waals surface area contributed by atoms with E-state index >= 15 is 0 Å². The second-order valence-corrected chi connectivity index (χ2v) is 9.51. The van der Waals surface area contributed by atoms with E-state index in [1.807, 2.05) is 35.5 Å². The molecule has 8 heteroatoms. The first-order valence-electron chi connectivity index (χ1n) is 10.8. The fraction of sp³-hybridized carbons (Fsp3) is 0.333. The van der Waals surface area contributed by atoms with Gasteiger partial charge in [-0.15, -0.1) is 11.3 Å². The first kappa shape index (κ1) is 20.8. The van der Waals surface area contributed by atoms with E-state index in [9.17, 15) is 9.18 Å². The Morgan fingerprint density at radius 1 is 1.19 bits per heavy atom. The van der Waals surface area contributed by atoms with E-state index in [0.717, 1.165) is 51.6 Å². The quantitative estimate of drug-likeness (QED) is 0.447. The van der Waals surface area contributed by atoms with Crippen molar-refractivity contribution in [2.45, 2.75) is 45.6 Å². The maximum absolute atomic E-state index is 13.7. The minimum atomic E-state index is -0.295. The van der Waals surface area contributed by atoms with Crippen LogP contribution in [-0.4, -0.2) is 42.7 Å². The number of imidazole rings is 1. The van der Waals surface area contributed by atoms with Crippen molar-refractivity contribution in [1.29, 1.82) is 0 Å². The molecule has 1 amide bonds. The van der Waals surface area contributed by atoms with Crippen molar-refractivity contribution < 1.29 is 9.18 Å². The number of thiazole rings is 1. The average Bonchev–Trinajstić information content (AvgIpc) is 3.38. The lowest BCUT2D eigenvalue weighted by Gasteiger charge is -2.35. The summed E-state index contributed by atoms with van der Waals surface area (Å²) in [6.45, 7) is 4.60. The van der Waals surface area contributed by atoms with Crippen LogP contribution in [0.4, 0.5) is 4.39 Å². The number of rotatable bonds is 4. The number of nitrogens with zero attached hydrogens (tertiary/aromatic N) is 5. The Kier molecular flexibility index (Phi) is 5.46. The highest BCUT2D eigenvalue weighted by Crippen LogP contribution is 2.33. The molecule has 0 aliphatic carbocycles. The van der Waals surface area contributed by atoms with Crippen molar-refractivity contribution >= 4 is 22.9 Å². The number of piperidine rings is 1. The van der Waals surface area contributed by atoms with Gasteiger partial charge in [0, 0.05) is 37.0 Å². The molecule has 3 aromatic heterocycles. The highest BCUT2D eigenvalue weighted by molar-refractivity contribution is 7.15. The number of fused-ring (bicyclic) bond motifs is 1. The predicted molar refractivity (Wildman–Crippen MR) is 122 cm³/mol. The van der Waals surface area contributed by atoms with Gasteiger partial charge in [0.05, 0.1) is 15.6 Å². The molecule has 0 spiro atoms. The summed E-state index contributed by atoms with van der Waals surface area (Å²) in [5.74, 6) is -0.350. The van der Waals surface area contributed by atoms with Crippen LogP contribution in [0.15, 0.2) is 43.0 Å². The fourth-order valence-electron chi connectivity index (χ4n) is 4.42. The van der Waals surface area contributed by atoms with Crippen molar-refractivity contribution in [1.82, 2.24) is 24.3 Å². The van der Waals surface area contributed by atoms with E-state index in [-0.39, 0.29) is 17.8 Å². The van der Waals surface area contributed by atoms with Crippen molar-refractivity contribution in [3.8, 4) is 10.4 Å². The number of carbonyl (C=O) groups is 1. The maximum atomic E-state index is 13.7. The van der Waals surface area contributed by atoms with E-state index in [0.29, 0.717) is 18.7 Å². The predicted octanol–water partition coefficient (Wildman–Crippen LogP) is 4.85. The normalized spacial score (nSPS) is 16.6. The molecule has 0 N–H and O–H groups in total. The van der Waals surface area contributed by atoms with E-state index in [1.165, 1.54) is 23.5 Å². The Hall–Kier alpha value is -3.13. The van der Waals surface area contributed by atoms with Crippen LogP contribution in [-0.2, 0) is 6.42 Å². The fourth-order valence-corrected chi connectivity index (χ4v) is 5.34. The zero-order chi connectivity index (χ0) is 22.2. The molecule has 0 unspecified atom stereocenters. The Balaban J connectivity index is 1.44. The van der Waals surface area contributed by atoms with Crippen molar-refractivity contribution in [3.05, 3.63) is 70.8 Å². The van der Waals surface area contributed by atoms with Gasteiger partial charge in [-0.1, -0.05) is 12.1 Å². The molecule has 164 valence electrons. The number of aryl methyl sites for hydroxylation is 2. The van der Waals surface area contributed by atoms with Crippen molar-refractivity contribution in [2.24, 2.45) is 0 Å². The van der Waals surface area contributed by atoms with Gasteiger partial charge in [0.15, 0.2) is 0 Å². The van der Waals surface area contributed by atoms with E-state index in [1.54, 1.807) is 18.5 Å². The third kappa shape index (κ3) is 3.90. The Bertz CT molecular complexity index is 1280. The van der Waals surface area contributed by atoms with Gasteiger partial charge in [-0.25, -0.2) is 19.3 Å². The summed E-state index contributed by atoms with van der Waals surface area (Å²) in [5, 5.41) is 0.824. The number of hydrogen-bond donors (Lipinski definition) is 0. The number of benzene rings is 1. The van der Waals surface area contributed by atoms with Gasteiger partial charge in [0.2, 0.25) is 0 Å². The average molecular weight is 450 g/mol. The Morgan fingerprint density at radius 2 is 2.00 bits per heavy atom. The first-order valence-corrected chi connectivity index (χ1v) is 11.6. The summed E-state index contributed by atoms with van der Waals surface area (Å²) in [5.41, 5.74) is 4.16. The molecular weight excluding hydrogens is 425 g/mol. The highest BCUT2D eigenvalue weighted by Gasteiger charge is 2.31. The summed E-state index contributed by atoms with van der Waals surface area (Å²) in [6.07, 6.45) is 9.27. The van der Waals surface area contributed by atoms with E-state index < -0.39 is 0 Å². The van der Waals surface area contributed by atoms with Gasteiger partial charge < -0.3 is 4.90 Å². The van der Waals surface area contributed by atoms with Crippen LogP contribution in [0, 0.1) is 19.7 Å². The molecule has 4 heterocycles. The molecule has 1 atom stereocenters. The van der Waals surface area contributed by atoms with Crippen LogP contribution in [0.5, 0.6) is 0 Å². The number of halogens is 1. The summed E-state index contributed by atoms with van der Waals surface area (Å²) in [4.78, 5) is 30.0. The van der Waals surface area contributed by atoms with Gasteiger partial charge in [-0.05, 0) is 50.8 Å². The van der Waals surface area contributed by atoms with Gasteiger partial charge >= 0.3 is 0 Å². The molecule has 6 nitrogen and oxygen atoms in total. The summed E-state index contributed by atoms with van der Waals surface area (Å²) >= 11 is 1.47. The largest absolute Gasteiger partial charge is 0.334 e. The first-order chi connectivity index (χ1) is 15.5. The minimum absolute atomic E-state index is 0.0556. The molecule has 32 heavy (non-hydrogen) atoms. The Morgan fingerprint density at radius 3 is 2.78 bits per heavy atom. The van der Waals surface area contributed by atoms with Gasteiger partial charge in [-0.2, -0.15) is 0 Å². The second kappa shape index (κ2) is 8.43. The van der Waals surface area contributed by atoms with Crippen LogP contribution >= 0.6 is 11.3 Å². The van der Waals surface area contributed by atoms with Gasteiger partial charge in [0.1, 0.15) is 23.5 Å². The number of amides is 1. The minimum Gasteiger partial charge on any atom is -0.334 e. The molecule has 1 aromatic carbocycles. The lowest BCUT2D eigenvalue weighted by Crippen LogP contribution is -2.45. The standard InChI is InChI=1S/C24H24FN5OS/c1-15-12-26-14-29-13-19(28-23(15)29)11-20-5-3-4-10-30(20)24(31)21-22(32-16(2)27-21)17-6-8-18(25)9-7-17/h6-9,12-14,20H,3-5,10-11H2,1-2H3/t20-/m0/s1. The van der Waals surface area contributed by atoms with Gasteiger partial charge in [-0.3, -0.25) is 9.20 Å². The van der Waals surface area contributed by atoms with Crippen LogP contribution < -0.4 is 0 Å². The third-order valence-electron chi connectivity index (χ3n) is 5.97. The highest BCUT2D eigenvalue weighted by atomic mass is 32.1. The molecule has 0 radical (unpaired) electrons. The molecule has 5 rings (SSSR count). The summed E-state index contributed by atoms with van der Waals surface area (Å²) < 4.78 is 15.4. The molecule has 1 fully saturated rings. The van der Waals surface area contributed by atoms with Crippen molar-refractivity contribution in [3.63, 3.8) is 0 Å². The Labute approximate surface area is 189 Å². The summed E-state index contributed by atoms with van der Waals surface area (Å²) in [6, 6.07) is 6.32. The molecule has 1 saturated heterocycles. The lowest BCUT2D eigenvalue weighted by molar-refractivity contribution is 0.0608. The molecule has 0 bridgehead atoms. The lowest BCUT2D eigenvalue weighted by atomic mass is 9.97. The number of carbonyl (C=O) groups excluding carboxylic acids is 1. The maximum Gasteiger partial charge on any atom is 0.274 e. The van der Waals surface area contributed by atoms with Crippen molar-refractivity contribution in [2.75, 3.05) is 6.54 Å². The van der Waals surface area contributed by atoms with E-state index in [2.05, 4.69) is 9.97 Å². The SMILES string of the molecule is Cc1nc(C(=O)N2CCCC[C@H]2Cc2cn3cncc(C)c3n2)c(-c2ccc(F)cc2)s1. The smallest absolute Gasteiger partial charge is 0.274 e. The zero-order valence-corrected chi connectivity index (χ0v) is 18.9. The second-order valence-electron chi connectivity index (χ2n) is 8.31. The molecule has 1 aliphatic rings. The molecule has 0 saturated carbocycles. The van der Waals surface area contributed by atoms with Crippen LogP contribution in [0.3, 0.4) is 0 Å². The molecule has 1 aliphatic heterocycles. The van der Waals surface area contributed by atoms with Crippen LogP contribution in [0.2, 0.25) is 0 Å². The zero-order valence-electron chi connectivity index (χ0n) is 18.1. The monoisotopic (exact) mass is 449 g/mol. The van der Waals surface area contributed by atoms with Crippen LogP contribution in [0.1, 0.15) is 46.0 Å². The number of likely N-dealkylation sites (tertiary alicyclic amines) is 1. The number of hydrogen-bond acceptors (Lipinski definition) is 5. The summed E-state index contributed by atoms with van der Waals surface area (Å²) in [7, 11) is 0.